The average Bonchev–Trinajstić information content (AvgIpc) is 3.63. The largest absolute Gasteiger partial charge is 0.310 e. The summed E-state index contributed by atoms with van der Waals surface area (Å²) < 4.78 is 2.41. The predicted octanol–water partition coefficient (Wildman–Crippen LogP) is 13.7. The van der Waals surface area contributed by atoms with Gasteiger partial charge in [0.1, 0.15) is 0 Å². The SMILES string of the molecule is c1ccc(-c2nc(-c3ccccc3)nc(-c3cc4c(c5ccccc35)c3cc(N(c5ccccc5)c5ccccc5)ccc3n4-c3ccc4ccccc4c3)n2)cc1. The highest BCUT2D eigenvalue weighted by molar-refractivity contribution is 6.24. The van der Waals surface area contributed by atoms with E-state index in [-0.39, 0.29) is 0 Å². The molecule has 11 rings (SSSR count). The van der Waals surface area contributed by atoms with E-state index in [1.807, 2.05) is 36.4 Å². The predicted molar refractivity (Wildman–Crippen MR) is 240 cm³/mol. The number of hydrogen-bond acceptors (Lipinski definition) is 4. The van der Waals surface area contributed by atoms with Crippen LogP contribution >= 0.6 is 0 Å². The van der Waals surface area contributed by atoms with Crippen LogP contribution in [0.25, 0.3) is 83.2 Å². The van der Waals surface area contributed by atoms with Crippen LogP contribution < -0.4 is 4.90 Å². The molecule has 0 N–H and O–H groups in total. The van der Waals surface area contributed by atoms with Gasteiger partial charge in [-0.05, 0) is 82.2 Å². The molecular formula is C53H35N5. The van der Waals surface area contributed by atoms with Crippen molar-refractivity contribution in [2.45, 2.75) is 0 Å². The molecule has 0 atom stereocenters. The van der Waals surface area contributed by atoms with E-state index in [1.54, 1.807) is 0 Å². The number of anilines is 3. The van der Waals surface area contributed by atoms with Gasteiger partial charge in [0.2, 0.25) is 0 Å². The van der Waals surface area contributed by atoms with Gasteiger partial charge in [0.15, 0.2) is 17.5 Å². The van der Waals surface area contributed by atoms with Gasteiger partial charge in [0.25, 0.3) is 0 Å². The van der Waals surface area contributed by atoms with Gasteiger partial charge in [-0.2, -0.15) is 0 Å². The quantitative estimate of drug-likeness (QED) is 0.163. The molecule has 11 aromatic rings. The first-order chi connectivity index (χ1) is 28.8. The maximum Gasteiger partial charge on any atom is 0.164 e. The van der Waals surface area contributed by atoms with Gasteiger partial charge in [0, 0.05) is 50.2 Å². The number of fused-ring (bicyclic) bond motifs is 6. The number of aromatic nitrogens is 4. The molecule has 2 aromatic heterocycles. The van der Waals surface area contributed by atoms with E-state index in [9.17, 15) is 0 Å². The van der Waals surface area contributed by atoms with Crippen molar-refractivity contribution in [3.8, 4) is 39.9 Å². The van der Waals surface area contributed by atoms with Crippen molar-refractivity contribution < 1.29 is 0 Å². The first kappa shape index (κ1) is 33.4. The highest BCUT2D eigenvalue weighted by atomic mass is 15.1. The third-order valence-corrected chi connectivity index (χ3v) is 11.0. The highest BCUT2D eigenvalue weighted by Crippen LogP contribution is 2.44. The second-order valence-corrected chi connectivity index (χ2v) is 14.5. The van der Waals surface area contributed by atoms with E-state index in [4.69, 9.17) is 15.0 Å². The van der Waals surface area contributed by atoms with Gasteiger partial charge < -0.3 is 9.47 Å². The molecular weight excluding hydrogens is 707 g/mol. The lowest BCUT2D eigenvalue weighted by Crippen LogP contribution is -2.09. The molecule has 58 heavy (non-hydrogen) atoms. The zero-order valence-electron chi connectivity index (χ0n) is 31.4. The Labute approximate surface area is 335 Å². The Balaban J connectivity index is 1.23. The Morgan fingerprint density at radius 3 is 1.52 bits per heavy atom. The fourth-order valence-corrected chi connectivity index (χ4v) is 8.32. The summed E-state index contributed by atoms with van der Waals surface area (Å²) in [7, 11) is 0. The summed E-state index contributed by atoms with van der Waals surface area (Å²) in [6.45, 7) is 0. The van der Waals surface area contributed by atoms with E-state index < -0.39 is 0 Å². The lowest BCUT2D eigenvalue weighted by Gasteiger charge is -2.25. The summed E-state index contributed by atoms with van der Waals surface area (Å²) in [5, 5.41) is 6.92. The van der Waals surface area contributed by atoms with Crippen LogP contribution in [-0.2, 0) is 0 Å². The molecule has 9 aromatic carbocycles. The van der Waals surface area contributed by atoms with E-state index in [2.05, 4.69) is 185 Å². The maximum atomic E-state index is 5.22. The number of nitrogens with zero attached hydrogens (tertiary/aromatic N) is 5. The van der Waals surface area contributed by atoms with Crippen LogP contribution in [0.5, 0.6) is 0 Å². The molecule has 2 heterocycles. The minimum atomic E-state index is 0.626. The van der Waals surface area contributed by atoms with Crippen LogP contribution in [0.15, 0.2) is 212 Å². The Kier molecular flexibility index (Phi) is 8.07. The second-order valence-electron chi connectivity index (χ2n) is 14.5. The average molecular weight is 742 g/mol. The fraction of sp³-hybridized carbons (Fsp3) is 0. The molecule has 0 fully saturated rings. The van der Waals surface area contributed by atoms with E-state index in [0.717, 1.165) is 66.6 Å². The molecule has 0 aliphatic rings. The Hall–Kier alpha value is -7.89. The third kappa shape index (κ3) is 5.76. The topological polar surface area (TPSA) is 46.8 Å². The van der Waals surface area contributed by atoms with Crippen molar-refractivity contribution in [3.05, 3.63) is 212 Å². The highest BCUT2D eigenvalue weighted by Gasteiger charge is 2.22. The van der Waals surface area contributed by atoms with Crippen LogP contribution in [0.4, 0.5) is 17.1 Å². The first-order valence-corrected chi connectivity index (χ1v) is 19.5. The summed E-state index contributed by atoms with van der Waals surface area (Å²) >= 11 is 0. The van der Waals surface area contributed by atoms with Gasteiger partial charge in [-0.25, -0.2) is 15.0 Å². The molecule has 0 unspecified atom stereocenters. The lowest BCUT2D eigenvalue weighted by atomic mass is 9.98. The Morgan fingerprint density at radius 1 is 0.345 bits per heavy atom. The van der Waals surface area contributed by atoms with Gasteiger partial charge in [-0.3, -0.25) is 0 Å². The second kappa shape index (κ2) is 14.0. The van der Waals surface area contributed by atoms with Crippen molar-refractivity contribution in [1.29, 1.82) is 0 Å². The molecule has 5 nitrogen and oxygen atoms in total. The van der Waals surface area contributed by atoms with E-state index in [0.29, 0.717) is 17.5 Å². The van der Waals surface area contributed by atoms with Gasteiger partial charge >= 0.3 is 0 Å². The summed E-state index contributed by atoms with van der Waals surface area (Å²) in [6.07, 6.45) is 0. The molecule has 0 bridgehead atoms. The molecule has 0 saturated carbocycles. The summed E-state index contributed by atoms with van der Waals surface area (Å²) in [6, 6.07) is 74.6. The Morgan fingerprint density at radius 2 is 0.879 bits per heavy atom. The molecule has 272 valence electrons. The van der Waals surface area contributed by atoms with Crippen molar-refractivity contribution in [2.24, 2.45) is 0 Å². The van der Waals surface area contributed by atoms with E-state index >= 15 is 0 Å². The van der Waals surface area contributed by atoms with E-state index in [1.165, 1.54) is 16.2 Å². The zero-order valence-corrected chi connectivity index (χ0v) is 31.4. The van der Waals surface area contributed by atoms with Crippen LogP contribution in [0.3, 0.4) is 0 Å². The molecule has 5 heteroatoms. The van der Waals surface area contributed by atoms with Gasteiger partial charge in [-0.1, -0.05) is 152 Å². The van der Waals surface area contributed by atoms with Crippen LogP contribution in [0.1, 0.15) is 0 Å². The van der Waals surface area contributed by atoms with Gasteiger partial charge in [-0.15, -0.1) is 0 Å². The van der Waals surface area contributed by atoms with Crippen molar-refractivity contribution in [3.63, 3.8) is 0 Å². The Bertz CT molecular complexity index is 3170. The van der Waals surface area contributed by atoms with Crippen molar-refractivity contribution >= 4 is 60.4 Å². The minimum Gasteiger partial charge on any atom is -0.310 e. The van der Waals surface area contributed by atoms with Gasteiger partial charge in [0.05, 0.1) is 11.0 Å². The summed E-state index contributed by atoms with van der Waals surface area (Å²) in [4.78, 5) is 17.8. The van der Waals surface area contributed by atoms with Crippen LogP contribution in [0, 0.1) is 0 Å². The molecule has 0 radical (unpaired) electrons. The number of rotatable bonds is 7. The summed E-state index contributed by atoms with van der Waals surface area (Å²) in [5.74, 6) is 1.90. The molecule has 0 spiro atoms. The van der Waals surface area contributed by atoms with Crippen molar-refractivity contribution in [1.82, 2.24) is 19.5 Å². The lowest BCUT2D eigenvalue weighted by molar-refractivity contribution is 1.08. The molecule has 0 amide bonds. The number of hydrogen-bond donors (Lipinski definition) is 0. The summed E-state index contributed by atoms with van der Waals surface area (Å²) in [5.41, 5.74) is 9.36. The zero-order chi connectivity index (χ0) is 38.4. The first-order valence-electron chi connectivity index (χ1n) is 19.5. The number of benzene rings is 9. The standard InChI is InChI=1S/C53H35N5/c1-5-18-37(19-6-1)51-54-52(38-20-7-2-8-21-38)56-53(55-51)46-35-49-50(45-28-16-15-27-44(45)46)47-34-43(57(40-23-9-3-10-24-40)41-25-11-4-12-26-41)31-32-48(47)58(49)42-30-29-36-17-13-14-22-39(36)33-42/h1-35H. The van der Waals surface area contributed by atoms with Crippen molar-refractivity contribution in [2.75, 3.05) is 4.90 Å². The molecule has 0 saturated heterocycles. The normalized spacial score (nSPS) is 11.4. The molecule has 0 aliphatic heterocycles. The third-order valence-electron chi connectivity index (χ3n) is 11.0. The van der Waals surface area contributed by atoms with Crippen LogP contribution in [-0.4, -0.2) is 19.5 Å². The molecule has 0 aliphatic carbocycles. The minimum absolute atomic E-state index is 0.626. The monoisotopic (exact) mass is 741 g/mol. The van der Waals surface area contributed by atoms with Crippen LogP contribution in [0.2, 0.25) is 0 Å². The smallest absolute Gasteiger partial charge is 0.164 e. The number of para-hydroxylation sites is 2. The fourth-order valence-electron chi connectivity index (χ4n) is 8.32. The maximum absolute atomic E-state index is 5.22.